The molecule has 0 bridgehead atoms. The summed E-state index contributed by atoms with van der Waals surface area (Å²) in [6.45, 7) is 10.2. The molecular formula is C16H27N3O3. The van der Waals surface area contributed by atoms with Crippen molar-refractivity contribution in [2.75, 3.05) is 32.9 Å². The molecule has 2 aliphatic heterocycles. The zero-order valence-corrected chi connectivity index (χ0v) is 13.7. The molecule has 6 nitrogen and oxygen atoms in total. The summed E-state index contributed by atoms with van der Waals surface area (Å²) in [5, 5.41) is 0. The number of likely N-dealkylation sites (tertiary alicyclic amines) is 2. The Kier molecular flexibility index (Phi) is 3.23. The van der Waals surface area contributed by atoms with Gasteiger partial charge in [-0.15, -0.1) is 0 Å². The van der Waals surface area contributed by atoms with Crippen molar-refractivity contribution in [2.45, 2.75) is 38.5 Å². The lowest BCUT2D eigenvalue weighted by Crippen LogP contribution is -2.38. The van der Waals surface area contributed by atoms with Crippen molar-refractivity contribution in [1.29, 1.82) is 0 Å². The van der Waals surface area contributed by atoms with E-state index in [1.807, 2.05) is 25.7 Å². The molecule has 0 aromatic rings. The van der Waals surface area contributed by atoms with Gasteiger partial charge in [0.15, 0.2) is 0 Å². The minimum absolute atomic E-state index is 0.188. The third-order valence-corrected chi connectivity index (χ3v) is 5.55. The summed E-state index contributed by atoms with van der Waals surface area (Å²) in [5.41, 5.74) is 5.53. The molecule has 6 atom stereocenters. The smallest absolute Gasteiger partial charge is 0.410 e. The molecule has 2 saturated carbocycles. The maximum atomic E-state index is 12.0. The monoisotopic (exact) mass is 309 g/mol. The van der Waals surface area contributed by atoms with Gasteiger partial charge in [-0.2, -0.15) is 0 Å². The summed E-state index contributed by atoms with van der Waals surface area (Å²) >= 11 is 0. The highest BCUT2D eigenvalue weighted by Gasteiger charge is 2.59. The molecule has 1 amide bonds. The van der Waals surface area contributed by atoms with Crippen molar-refractivity contribution in [3.05, 3.63) is 0 Å². The van der Waals surface area contributed by atoms with E-state index in [-0.39, 0.29) is 6.09 Å². The zero-order valence-electron chi connectivity index (χ0n) is 13.7. The van der Waals surface area contributed by atoms with Crippen LogP contribution < -0.4 is 5.73 Å². The normalized spacial score (nSPS) is 43.0. The lowest BCUT2D eigenvalue weighted by atomic mass is 10.2. The first-order valence-electron chi connectivity index (χ1n) is 8.41. The fourth-order valence-corrected chi connectivity index (χ4v) is 4.15. The third-order valence-electron chi connectivity index (χ3n) is 5.55. The molecule has 2 heterocycles. The maximum absolute atomic E-state index is 12.0. The quantitative estimate of drug-likeness (QED) is 0.832. The van der Waals surface area contributed by atoms with Crippen LogP contribution in [0.25, 0.3) is 0 Å². The van der Waals surface area contributed by atoms with E-state index >= 15 is 0 Å². The number of piperidine rings is 2. The van der Waals surface area contributed by atoms with Crippen LogP contribution in [-0.2, 0) is 9.47 Å². The molecule has 0 aromatic carbocycles. The van der Waals surface area contributed by atoms with Gasteiger partial charge in [0.05, 0.1) is 12.8 Å². The number of hydrogen-bond donors (Lipinski definition) is 1. The van der Waals surface area contributed by atoms with Crippen molar-refractivity contribution in [3.63, 3.8) is 0 Å². The molecule has 4 fully saturated rings. The Labute approximate surface area is 131 Å². The van der Waals surface area contributed by atoms with Gasteiger partial charge < -0.3 is 20.1 Å². The predicted octanol–water partition coefficient (Wildman–Crippen LogP) is 0.715. The van der Waals surface area contributed by atoms with E-state index in [1.54, 1.807) is 0 Å². The van der Waals surface area contributed by atoms with Crippen LogP contribution in [-0.4, -0.2) is 66.5 Å². The van der Waals surface area contributed by atoms with Gasteiger partial charge in [0.25, 0.3) is 0 Å². The van der Waals surface area contributed by atoms with E-state index < -0.39 is 5.60 Å². The first-order chi connectivity index (χ1) is 10.3. The Morgan fingerprint density at radius 3 is 2.23 bits per heavy atom. The molecule has 0 radical (unpaired) electrons. The van der Waals surface area contributed by atoms with E-state index in [9.17, 15) is 4.79 Å². The summed E-state index contributed by atoms with van der Waals surface area (Å²) in [7, 11) is 0. The van der Waals surface area contributed by atoms with Crippen molar-refractivity contribution in [2.24, 2.45) is 29.4 Å². The Hall–Kier alpha value is -0.850. The van der Waals surface area contributed by atoms with Crippen LogP contribution in [0, 0.1) is 23.7 Å². The molecule has 2 unspecified atom stereocenters. The molecule has 0 spiro atoms. The first-order valence-corrected chi connectivity index (χ1v) is 8.41. The molecule has 2 aliphatic carbocycles. The van der Waals surface area contributed by atoms with Gasteiger partial charge in [0, 0.05) is 44.1 Å². The van der Waals surface area contributed by atoms with Crippen LogP contribution in [0.15, 0.2) is 0 Å². The minimum atomic E-state index is -0.419. The molecule has 4 aliphatic rings. The fraction of sp³-hybridized carbons (Fsp3) is 0.938. The highest BCUT2D eigenvalue weighted by atomic mass is 16.6. The molecule has 124 valence electrons. The topological polar surface area (TPSA) is 68.0 Å². The molecular weight excluding hydrogens is 282 g/mol. The number of nitrogens with two attached hydrogens (primary N) is 1. The van der Waals surface area contributed by atoms with Gasteiger partial charge in [-0.05, 0) is 32.6 Å². The van der Waals surface area contributed by atoms with Crippen molar-refractivity contribution < 1.29 is 14.3 Å². The van der Waals surface area contributed by atoms with Gasteiger partial charge in [-0.1, -0.05) is 0 Å². The molecule has 0 aromatic heterocycles. The summed E-state index contributed by atoms with van der Waals surface area (Å²) in [6.07, 6.45) is 0.149. The number of hydrogen-bond acceptors (Lipinski definition) is 5. The van der Waals surface area contributed by atoms with E-state index in [2.05, 4.69) is 4.90 Å². The highest BCUT2D eigenvalue weighted by molar-refractivity contribution is 5.69. The van der Waals surface area contributed by atoms with Gasteiger partial charge in [-0.25, -0.2) is 4.79 Å². The highest BCUT2D eigenvalue weighted by Crippen LogP contribution is 2.49. The number of rotatable bonds is 3. The SMILES string of the molecule is CC(C)(C)OC(=O)N1C[C@@H]2C(OCN3C[C@@H]4C(N)[C@@H]4C3)[C@@H]2C1. The number of carbonyl (C=O) groups is 1. The van der Waals surface area contributed by atoms with Crippen molar-refractivity contribution >= 4 is 6.09 Å². The van der Waals surface area contributed by atoms with Crippen LogP contribution >= 0.6 is 0 Å². The van der Waals surface area contributed by atoms with Gasteiger partial charge >= 0.3 is 6.09 Å². The Morgan fingerprint density at radius 2 is 1.68 bits per heavy atom. The van der Waals surface area contributed by atoms with Crippen LogP contribution in [0.4, 0.5) is 4.79 Å². The lowest BCUT2D eigenvalue weighted by molar-refractivity contribution is -0.00278. The predicted molar refractivity (Wildman–Crippen MR) is 81.1 cm³/mol. The summed E-state index contributed by atoms with van der Waals surface area (Å²) < 4.78 is 11.5. The van der Waals surface area contributed by atoms with Crippen LogP contribution in [0.1, 0.15) is 20.8 Å². The number of amides is 1. The van der Waals surface area contributed by atoms with E-state index in [1.165, 1.54) is 0 Å². The average Bonchev–Trinajstić information content (AvgIpc) is 3.05. The number of carbonyl (C=O) groups excluding carboxylic acids is 1. The van der Waals surface area contributed by atoms with Gasteiger partial charge in [-0.3, -0.25) is 4.90 Å². The number of fused-ring (bicyclic) bond motifs is 2. The minimum Gasteiger partial charge on any atom is -0.444 e. The summed E-state index contributed by atoms with van der Waals surface area (Å²) in [5.74, 6) is 2.44. The van der Waals surface area contributed by atoms with Crippen molar-refractivity contribution in [3.8, 4) is 0 Å². The second-order valence-electron chi connectivity index (χ2n) is 8.41. The Balaban J connectivity index is 1.17. The standard InChI is InChI=1S/C16H27N3O3/c1-16(2,3)22-15(20)19-6-11-12(7-19)14(11)21-8-18-4-9-10(5-18)13(9)17/h9-14H,4-8,17H2,1-3H3/t9-,10+,11-,12+,13?,14?. The molecule has 2 N–H and O–H groups in total. The van der Waals surface area contributed by atoms with E-state index in [0.717, 1.165) is 32.9 Å². The van der Waals surface area contributed by atoms with Crippen molar-refractivity contribution in [1.82, 2.24) is 9.80 Å². The summed E-state index contributed by atoms with van der Waals surface area (Å²) in [6, 6.07) is 0.443. The zero-order chi connectivity index (χ0) is 15.6. The second-order valence-corrected chi connectivity index (χ2v) is 8.41. The van der Waals surface area contributed by atoms with E-state index in [4.69, 9.17) is 15.2 Å². The molecule has 6 heteroatoms. The Morgan fingerprint density at radius 1 is 1.09 bits per heavy atom. The maximum Gasteiger partial charge on any atom is 0.410 e. The lowest BCUT2D eigenvalue weighted by Gasteiger charge is -2.26. The molecule has 2 saturated heterocycles. The molecule has 4 rings (SSSR count). The van der Waals surface area contributed by atoms with Crippen LogP contribution in [0.3, 0.4) is 0 Å². The second kappa shape index (κ2) is 4.82. The number of ether oxygens (including phenoxy) is 2. The summed E-state index contributed by atoms with van der Waals surface area (Å²) in [4.78, 5) is 16.2. The Bertz CT molecular complexity index is 454. The van der Waals surface area contributed by atoms with Crippen LogP contribution in [0.2, 0.25) is 0 Å². The van der Waals surface area contributed by atoms with Gasteiger partial charge in [0.1, 0.15) is 5.60 Å². The first kappa shape index (κ1) is 14.7. The molecule has 22 heavy (non-hydrogen) atoms. The number of nitrogens with zero attached hydrogens (tertiary/aromatic N) is 2. The largest absolute Gasteiger partial charge is 0.444 e. The van der Waals surface area contributed by atoms with E-state index in [0.29, 0.717) is 35.8 Å². The van der Waals surface area contributed by atoms with Gasteiger partial charge in [0.2, 0.25) is 0 Å². The van der Waals surface area contributed by atoms with Crippen LogP contribution in [0.5, 0.6) is 0 Å². The fourth-order valence-electron chi connectivity index (χ4n) is 4.15. The third kappa shape index (κ3) is 2.61. The average molecular weight is 309 g/mol.